The fourth-order valence-corrected chi connectivity index (χ4v) is 2.17. The van der Waals surface area contributed by atoms with E-state index in [9.17, 15) is 4.79 Å². The van der Waals surface area contributed by atoms with Crippen LogP contribution in [-0.2, 0) is 0 Å². The van der Waals surface area contributed by atoms with Gasteiger partial charge in [-0.25, -0.2) is 4.98 Å². The number of aryl methyl sites for hydroxylation is 3. The Morgan fingerprint density at radius 2 is 1.80 bits per heavy atom. The summed E-state index contributed by atoms with van der Waals surface area (Å²) >= 11 is 0. The van der Waals surface area contributed by atoms with Crippen LogP contribution >= 0.6 is 0 Å². The van der Waals surface area contributed by atoms with Gasteiger partial charge in [-0.15, -0.1) is 0 Å². The average Bonchev–Trinajstić information content (AvgIpc) is 2.42. The smallest absolute Gasteiger partial charge is 0.274 e. The number of nitrogens with zero attached hydrogens (tertiary/aromatic N) is 1. The molecule has 0 aliphatic rings. The number of nitrogen functional groups attached to an aromatic ring is 1. The summed E-state index contributed by atoms with van der Waals surface area (Å²) in [7, 11) is 0. The first-order valence-electron chi connectivity index (χ1n) is 6.33. The lowest BCUT2D eigenvalue weighted by molar-refractivity contribution is 0.102. The Bertz CT molecular complexity index is 612. The number of benzene rings is 1. The number of pyridine rings is 1. The van der Waals surface area contributed by atoms with Gasteiger partial charge in [0.2, 0.25) is 0 Å². The van der Waals surface area contributed by atoms with E-state index in [0.717, 1.165) is 16.8 Å². The van der Waals surface area contributed by atoms with Crippen molar-refractivity contribution >= 4 is 17.3 Å². The van der Waals surface area contributed by atoms with E-state index in [1.807, 2.05) is 32.9 Å². The summed E-state index contributed by atoms with van der Waals surface area (Å²) < 4.78 is 0. The van der Waals surface area contributed by atoms with Gasteiger partial charge >= 0.3 is 0 Å². The van der Waals surface area contributed by atoms with E-state index in [-0.39, 0.29) is 5.91 Å². The second kappa shape index (κ2) is 5.71. The Balaban J connectivity index is 2.23. The third-order valence-electron chi connectivity index (χ3n) is 3.08. The van der Waals surface area contributed by atoms with Gasteiger partial charge in [0.05, 0.1) is 11.9 Å². The minimum absolute atomic E-state index is 0.233. The van der Waals surface area contributed by atoms with Crippen LogP contribution in [0.25, 0.3) is 0 Å². The van der Waals surface area contributed by atoms with Crippen LogP contribution in [0.3, 0.4) is 0 Å². The summed E-state index contributed by atoms with van der Waals surface area (Å²) in [6.07, 6.45) is 1.52. The zero-order valence-electron chi connectivity index (χ0n) is 11.8. The second-order valence-corrected chi connectivity index (χ2v) is 4.80. The van der Waals surface area contributed by atoms with Crippen LogP contribution in [0.5, 0.6) is 0 Å². The van der Waals surface area contributed by atoms with Gasteiger partial charge < -0.3 is 10.7 Å². The molecule has 0 fully saturated rings. The first kappa shape index (κ1) is 14.0. The summed E-state index contributed by atoms with van der Waals surface area (Å²) in [6, 6.07) is 7.41. The SMILES string of the molecule is Cc1cc(C)c(NC(=O)c2ccc(NN)cn2)c(C)c1. The quantitative estimate of drug-likeness (QED) is 0.591. The van der Waals surface area contributed by atoms with Gasteiger partial charge in [0.25, 0.3) is 5.91 Å². The summed E-state index contributed by atoms with van der Waals surface area (Å²) in [6.45, 7) is 5.99. The lowest BCUT2D eigenvalue weighted by atomic mass is 10.0. The minimum Gasteiger partial charge on any atom is -0.323 e. The minimum atomic E-state index is -0.233. The molecule has 1 heterocycles. The number of nitrogens with one attached hydrogen (secondary N) is 2. The van der Waals surface area contributed by atoms with Crippen molar-refractivity contribution in [2.75, 3.05) is 10.7 Å². The largest absolute Gasteiger partial charge is 0.323 e. The average molecular weight is 270 g/mol. The molecule has 0 atom stereocenters. The molecule has 0 bridgehead atoms. The van der Waals surface area contributed by atoms with Crippen molar-refractivity contribution in [3.8, 4) is 0 Å². The number of anilines is 2. The number of carbonyl (C=O) groups is 1. The molecule has 0 radical (unpaired) electrons. The zero-order valence-corrected chi connectivity index (χ0v) is 11.8. The van der Waals surface area contributed by atoms with Gasteiger partial charge in [0.15, 0.2) is 0 Å². The van der Waals surface area contributed by atoms with E-state index in [4.69, 9.17) is 5.84 Å². The summed E-state index contributed by atoms with van der Waals surface area (Å²) in [5.74, 6) is 5.03. The second-order valence-electron chi connectivity index (χ2n) is 4.80. The monoisotopic (exact) mass is 270 g/mol. The van der Waals surface area contributed by atoms with Gasteiger partial charge in [-0.3, -0.25) is 10.6 Å². The molecule has 0 aliphatic carbocycles. The molecular formula is C15H18N4O. The van der Waals surface area contributed by atoms with Gasteiger partial charge in [-0.2, -0.15) is 0 Å². The standard InChI is InChI=1S/C15H18N4O/c1-9-6-10(2)14(11(3)7-9)18-15(20)13-5-4-12(19-16)8-17-13/h4-8,19H,16H2,1-3H3,(H,18,20). The molecule has 4 N–H and O–H groups in total. The van der Waals surface area contributed by atoms with E-state index < -0.39 is 0 Å². The number of rotatable bonds is 3. The molecule has 0 spiro atoms. The van der Waals surface area contributed by atoms with Crippen LogP contribution in [0.1, 0.15) is 27.2 Å². The maximum absolute atomic E-state index is 12.2. The van der Waals surface area contributed by atoms with Gasteiger partial charge in [0, 0.05) is 5.69 Å². The Morgan fingerprint density at radius 1 is 1.15 bits per heavy atom. The fourth-order valence-electron chi connectivity index (χ4n) is 2.17. The Hall–Kier alpha value is -2.40. The summed E-state index contributed by atoms with van der Waals surface area (Å²) in [5.41, 5.74) is 7.57. The van der Waals surface area contributed by atoms with Crippen molar-refractivity contribution in [1.82, 2.24) is 4.98 Å². The highest BCUT2D eigenvalue weighted by atomic mass is 16.1. The van der Waals surface area contributed by atoms with E-state index in [2.05, 4.69) is 15.7 Å². The lowest BCUT2D eigenvalue weighted by Crippen LogP contribution is -2.16. The van der Waals surface area contributed by atoms with Crippen LogP contribution in [-0.4, -0.2) is 10.9 Å². The summed E-state index contributed by atoms with van der Waals surface area (Å²) in [5, 5.41) is 2.91. The maximum atomic E-state index is 12.2. The lowest BCUT2D eigenvalue weighted by Gasteiger charge is -2.12. The molecule has 104 valence electrons. The van der Waals surface area contributed by atoms with E-state index in [1.54, 1.807) is 12.1 Å². The molecule has 0 saturated carbocycles. The third kappa shape index (κ3) is 2.95. The molecule has 5 heteroatoms. The van der Waals surface area contributed by atoms with Crippen molar-refractivity contribution in [2.45, 2.75) is 20.8 Å². The molecule has 0 unspecified atom stereocenters. The zero-order chi connectivity index (χ0) is 14.7. The normalized spacial score (nSPS) is 10.2. The van der Waals surface area contributed by atoms with E-state index in [0.29, 0.717) is 11.4 Å². The molecule has 2 rings (SSSR count). The van der Waals surface area contributed by atoms with Gasteiger partial charge in [-0.1, -0.05) is 17.7 Å². The van der Waals surface area contributed by atoms with Gasteiger partial charge in [-0.05, 0) is 44.0 Å². The van der Waals surface area contributed by atoms with Crippen LogP contribution in [0.2, 0.25) is 0 Å². The fraction of sp³-hybridized carbons (Fsp3) is 0.200. The number of hydrogen-bond acceptors (Lipinski definition) is 4. The molecule has 0 aliphatic heterocycles. The first-order valence-corrected chi connectivity index (χ1v) is 6.33. The molecule has 2 aromatic rings. The number of amides is 1. The highest BCUT2D eigenvalue weighted by molar-refractivity contribution is 6.03. The first-order chi connectivity index (χ1) is 9.51. The third-order valence-corrected chi connectivity index (χ3v) is 3.08. The maximum Gasteiger partial charge on any atom is 0.274 e. The molecule has 20 heavy (non-hydrogen) atoms. The predicted octanol–water partition coefficient (Wildman–Crippen LogP) is 2.54. The van der Waals surface area contributed by atoms with Crippen molar-refractivity contribution < 1.29 is 4.79 Å². The number of hydrogen-bond donors (Lipinski definition) is 3. The van der Waals surface area contributed by atoms with Crippen LogP contribution in [0.4, 0.5) is 11.4 Å². The number of hydrazine groups is 1. The summed E-state index contributed by atoms with van der Waals surface area (Å²) in [4.78, 5) is 16.2. The van der Waals surface area contributed by atoms with Crippen molar-refractivity contribution in [3.05, 3.63) is 52.8 Å². The van der Waals surface area contributed by atoms with Crippen molar-refractivity contribution in [1.29, 1.82) is 0 Å². The predicted molar refractivity (Wildman–Crippen MR) is 80.7 cm³/mol. The number of carbonyl (C=O) groups excluding carboxylic acids is 1. The van der Waals surface area contributed by atoms with Gasteiger partial charge in [0.1, 0.15) is 5.69 Å². The molecule has 1 aromatic carbocycles. The van der Waals surface area contributed by atoms with Crippen molar-refractivity contribution in [2.24, 2.45) is 5.84 Å². The van der Waals surface area contributed by atoms with Crippen LogP contribution < -0.4 is 16.6 Å². The molecule has 1 aromatic heterocycles. The Kier molecular flexibility index (Phi) is 4.00. The highest BCUT2D eigenvalue weighted by Crippen LogP contribution is 2.22. The number of nitrogens with two attached hydrogens (primary N) is 1. The number of aromatic nitrogens is 1. The molecule has 0 saturated heterocycles. The van der Waals surface area contributed by atoms with Crippen LogP contribution in [0, 0.1) is 20.8 Å². The van der Waals surface area contributed by atoms with E-state index in [1.165, 1.54) is 11.8 Å². The molecule has 1 amide bonds. The molecule has 5 nitrogen and oxygen atoms in total. The topological polar surface area (TPSA) is 80.0 Å². The Labute approximate surface area is 118 Å². The Morgan fingerprint density at radius 3 is 2.30 bits per heavy atom. The molecular weight excluding hydrogens is 252 g/mol. The van der Waals surface area contributed by atoms with Crippen molar-refractivity contribution in [3.63, 3.8) is 0 Å². The highest BCUT2D eigenvalue weighted by Gasteiger charge is 2.11. The van der Waals surface area contributed by atoms with E-state index >= 15 is 0 Å². The van der Waals surface area contributed by atoms with Crippen LogP contribution in [0.15, 0.2) is 30.5 Å².